The van der Waals surface area contributed by atoms with E-state index in [1.54, 1.807) is 0 Å². The van der Waals surface area contributed by atoms with E-state index in [1.807, 2.05) is 20.0 Å². The molecular weight excluding hydrogens is 358 g/mol. The molecule has 2 aromatic rings. The van der Waals surface area contributed by atoms with Crippen molar-refractivity contribution in [3.63, 3.8) is 0 Å². The normalized spacial score (nSPS) is 10.7. The first-order chi connectivity index (χ1) is 13.4. The quantitative estimate of drug-likeness (QED) is 0.568. The van der Waals surface area contributed by atoms with Crippen LogP contribution in [0.4, 0.5) is 0 Å². The Morgan fingerprint density at radius 2 is 1.96 bits per heavy atom. The van der Waals surface area contributed by atoms with Gasteiger partial charge in [-0.3, -0.25) is 9.69 Å². The molecule has 0 radical (unpaired) electrons. The molecule has 0 aliphatic heterocycles. The van der Waals surface area contributed by atoms with Crippen LogP contribution in [0.5, 0.6) is 5.75 Å². The molecule has 0 spiro atoms. The van der Waals surface area contributed by atoms with E-state index in [0.29, 0.717) is 19.1 Å². The molecule has 0 amide bonds. The third kappa shape index (κ3) is 7.32. The summed E-state index contributed by atoms with van der Waals surface area (Å²) in [5, 5.41) is 16.3. The van der Waals surface area contributed by atoms with E-state index in [9.17, 15) is 5.11 Å². The molecule has 0 aliphatic rings. The first kappa shape index (κ1) is 23.7. The van der Waals surface area contributed by atoms with E-state index >= 15 is 0 Å². The van der Waals surface area contributed by atoms with Crippen LogP contribution in [0.25, 0.3) is 0 Å². The molecule has 0 fully saturated rings. The Kier molecular flexibility index (Phi) is 10.3. The number of nitrogens with zero attached hydrogens (tertiary/aromatic N) is 2. The SMILES string of the molecule is CCOc1cc(C)c(CN(CCO)Cc2cnc(C)[nH]2)cc1C(C)C.O=CO. The molecule has 1 heterocycles. The fourth-order valence-corrected chi connectivity index (χ4v) is 3.04. The second kappa shape index (κ2) is 12.2. The van der Waals surface area contributed by atoms with Gasteiger partial charge in [0.25, 0.3) is 6.47 Å². The maximum absolute atomic E-state index is 9.44. The van der Waals surface area contributed by atoms with E-state index in [4.69, 9.17) is 14.6 Å². The number of imidazole rings is 1. The van der Waals surface area contributed by atoms with E-state index in [1.165, 1.54) is 16.7 Å². The second-order valence-corrected chi connectivity index (χ2v) is 6.94. The summed E-state index contributed by atoms with van der Waals surface area (Å²) in [5.41, 5.74) is 4.80. The molecule has 0 unspecified atom stereocenters. The third-order valence-corrected chi connectivity index (χ3v) is 4.35. The molecule has 0 atom stereocenters. The maximum atomic E-state index is 9.44. The van der Waals surface area contributed by atoms with Gasteiger partial charge in [-0.05, 0) is 49.4 Å². The van der Waals surface area contributed by atoms with Gasteiger partial charge in [-0.2, -0.15) is 0 Å². The van der Waals surface area contributed by atoms with Crippen LogP contribution in [0.2, 0.25) is 0 Å². The van der Waals surface area contributed by atoms with E-state index in [-0.39, 0.29) is 13.1 Å². The van der Waals surface area contributed by atoms with Gasteiger partial charge < -0.3 is 19.9 Å². The zero-order valence-electron chi connectivity index (χ0n) is 17.5. The summed E-state index contributed by atoms with van der Waals surface area (Å²) in [6.07, 6.45) is 1.87. The number of aliphatic hydroxyl groups is 1. The summed E-state index contributed by atoms with van der Waals surface area (Å²) in [6.45, 7) is 13.2. The number of aromatic nitrogens is 2. The van der Waals surface area contributed by atoms with Gasteiger partial charge in [-0.1, -0.05) is 19.9 Å². The summed E-state index contributed by atoms with van der Waals surface area (Å²) in [7, 11) is 0. The molecule has 2 rings (SSSR count). The Morgan fingerprint density at radius 1 is 1.29 bits per heavy atom. The fraction of sp³-hybridized carbons (Fsp3) is 0.524. The highest BCUT2D eigenvalue weighted by molar-refractivity contribution is 5.44. The number of rotatable bonds is 9. The lowest BCUT2D eigenvalue weighted by atomic mass is 9.96. The van der Waals surface area contributed by atoms with Crippen molar-refractivity contribution >= 4 is 6.47 Å². The van der Waals surface area contributed by atoms with Crippen LogP contribution < -0.4 is 4.74 Å². The molecular formula is C21H33N3O4. The number of carboxylic acid groups (broad SMARTS) is 1. The molecule has 7 heteroatoms. The highest BCUT2D eigenvalue weighted by atomic mass is 16.5. The number of carbonyl (C=O) groups is 1. The van der Waals surface area contributed by atoms with Crippen molar-refractivity contribution in [3.8, 4) is 5.75 Å². The maximum Gasteiger partial charge on any atom is 0.290 e. The van der Waals surface area contributed by atoms with Gasteiger partial charge in [0.15, 0.2) is 0 Å². The molecule has 0 aliphatic carbocycles. The van der Waals surface area contributed by atoms with Gasteiger partial charge in [0.05, 0.1) is 13.2 Å². The smallest absolute Gasteiger partial charge is 0.290 e. The Hall–Kier alpha value is -2.38. The predicted octanol–water partition coefficient (Wildman–Crippen LogP) is 3.24. The van der Waals surface area contributed by atoms with Crippen LogP contribution in [0.15, 0.2) is 18.3 Å². The molecule has 3 N–H and O–H groups in total. The Bertz CT molecular complexity index is 728. The zero-order valence-corrected chi connectivity index (χ0v) is 17.5. The summed E-state index contributed by atoms with van der Waals surface area (Å²) in [6, 6.07) is 4.40. The van der Waals surface area contributed by atoms with Crippen molar-refractivity contribution in [1.82, 2.24) is 14.9 Å². The summed E-state index contributed by atoms with van der Waals surface area (Å²) >= 11 is 0. The monoisotopic (exact) mass is 391 g/mol. The second-order valence-electron chi connectivity index (χ2n) is 6.94. The highest BCUT2D eigenvalue weighted by Gasteiger charge is 2.15. The van der Waals surface area contributed by atoms with Gasteiger partial charge in [-0.25, -0.2) is 4.98 Å². The molecule has 0 saturated heterocycles. The van der Waals surface area contributed by atoms with Crippen LogP contribution in [0.1, 0.15) is 54.9 Å². The van der Waals surface area contributed by atoms with Crippen molar-refractivity contribution in [2.24, 2.45) is 0 Å². The molecule has 7 nitrogen and oxygen atoms in total. The van der Waals surface area contributed by atoms with E-state index < -0.39 is 0 Å². The van der Waals surface area contributed by atoms with Gasteiger partial charge in [0.2, 0.25) is 0 Å². The zero-order chi connectivity index (χ0) is 21.1. The minimum absolute atomic E-state index is 0.139. The average Bonchev–Trinajstić information content (AvgIpc) is 3.03. The van der Waals surface area contributed by atoms with Gasteiger partial charge in [-0.15, -0.1) is 0 Å². The number of hydrogen-bond donors (Lipinski definition) is 3. The van der Waals surface area contributed by atoms with Crippen LogP contribution in [-0.4, -0.2) is 51.3 Å². The van der Waals surface area contributed by atoms with Crippen molar-refractivity contribution in [1.29, 1.82) is 0 Å². The van der Waals surface area contributed by atoms with Crippen molar-refractivity contribution in [2.75, 3.05) is 19.8 Å². The predicted molar refractivity (Wildman–Crippen MR) is 110 cm³/mol. The molecule has 156 valence electrons. The van der Waals surface area contributed by atoms with Crippen molar-refractivity contribution in [3.05, 3.63) is 46.5 Å². The summed E-state index contributed by atoms with van der Waals surface area (Å²) in [5.74, 6) is 2.30. The largest absolute Gasteiger partial charge is 0.494 e. The van der Waals surface area contributed by atoms with Crippen LogP contribution >= 0.6 is 0 Å². The number of aliphatic hydroxyl groups excluding tert-OH is 1. The number of nitrogens with one attached hydrogen (secondary N) is 1. The van der Waals surface area contributed by atoms with Crippen molar-refractivity contribution < 1.29 is 19.7 Å². The lowest BCUT2D eigenvalue weighted by Crippen LogP contribution is -2.26. The number of aromatic amines is 1. The molecule has 1 aromatic heterocycles. The first-order valence-corrected chi connectivity index (χ1v) is 9.53. The topological polar surface area (TPSA) is 98.7 Å². The van der Waals surface area contributed by atoms with Gasteiger partial charge >= 0.3 is 0 Å². The number of ether oxygens (including phenoxy) is 1. The average molecular weight is 392 g/mol. The number of benzene rings is 1. The molecule has 28 heavy (non-hydrogen) atoms. The van der Waals surface area contributed by atoms with Crippen LogP contribution in [0.3, 0.4) is 0 Å². The lowest BCUT2D eigenvalue weighted by molar-refractivity contribution is -0.122. The minimum Gasteiger partial charge on any atom is -0.494 e. The van der Waals surface area contributed by atoms with Crippen LogP contribution in [0, 0.1) is 13.8 Å². The fourth-order valence-electron chi connectivity index (χ4n) is 3.04. The Morgan fingerprint density at radius 3 is 2.46 bits per heavy atom. The number of H-pyrrole nitrogens is 1. The molecule has 0 bridgehead atoms. The van der Waals surface area contributed by atoms with Crippen LogP contribution in [-0.2, 0) is 17.9 Å². The summed E-state index contributed by atoms with van der Waals surface area (Å²) < 4.78 is 5.82. The third-order valence-electron chi connectivity index (χ3n) is 4.35. The highest BCUT2D eigenvalue weighted by Crippen LogP contribution is 2.30. The Labute approximate surface area is 167 Å². The standard InChI is InChI=1S/C20H31N3O2.CH2O2/c1-6-25-20-9-15(4)17(10-19(20)14(2)3)12-23(7-8-24)13-18-11-21-16(5)22-18;2-1-3/h9-11,14,24H,6-8,12-13H2,1-5H3,(H,21,22);1H,(H,2,3). The number of hydrogen-bond acceptors (Lipinski definition) is 5. The lowest BCUT2D eigenvalue weighted by Gasteiger charge is -2.23. The van der Waals surface area contributed by atoms with Gasteiger partial charge in [0, 0.05) is 31.5 Å². The molecule has 0 saturated carbocycles. The van der Waals surface area contributed by atoms with Gasteiger partial charge in [0.1, 0.15) is 11.6 Å². The van der Waals surface area contributed by atoms with E-state index in [0.717, 1.165) is 30.4 Å². The summed E-state index contributed by atoms with van der Waals surface area (Å²) in [4.78, 5) is 18.1. The number of aryl methyl sites for hydroxylation is 2. The molecule has 1 aromatic carbocycles. The van der Waals surface area contributed by atoms with E-state index in [2.05, 4.69) is 47.8 Å². The Balaban J connectivity index is 0.00000122. The first-order valence-electron chi connectivity index (χ1n) is 9.53. The minimum atomic E-state index is -0.250. The van der Waals surface area contributed by atoms with Crippen molar-refractivity contribution in [2.45, 2.75) is 53.6 Å².